The van der Waals surface area contributed by atoms with E-state index in [-0.39, 0.29) is 0 Å². The van der Waals surface area contributed by atoms with Gasteiger partial charge in [0.05, 0.1) is 12.2 Å². The highest BCUT2D eigenvalue weighted by atomic mass is 16.6. The Hall–Kier alpha value is -0.820. The molecule has 1 aliphatic rings. The normalized spacial score (nSPS) is 26.4. The van der Waals surface area contributed by atoms with Gasteiger partial charge in [-0.05, 0) is 44.2 Å². The van der Waals surface area contributed by atoms with Crippen molar-refractivity contribution in [2.75, 3.05) is 0 Å². The van der Waals surface area contributed by atoms with Crippen molar-refractivity contribution in [2.45, 2.75) is 52.2 Å². The Bertz CT molecular complexity index is 356. The smallest absolute Gasteiger partial charge is 0.0844 e. The summed E-state index contributed by atoms with van der Waals surface area (Å²) in [5, 5.41) is 0. The molecule has 0 radical (unpaired) electrons. The average molecular weight is 204 g/mol. The molecule has 82 valence electrons. The standard InChI is InChI=1S/C14H20O/c1-9-5-6-13(10(2)7-9)11(3)8-14-12(4)15-14/h5-7,11-12,14H,8H2,1-4H3. The molecule has 0 N–H and O–H groups in total. The molecule has 15 heavy (non-hydrogen) atoms. The fourth-order valence-electron chi connectivity index (χ4n) is 2.33. The van der Waals surface area contributed by atoms with Gasteiger partial charge in [0.1, 0.15) is 0 Å². The van der Waals surface area contributed by atoms with Crippen molar-refractivity contribution in [1.82, 2.24) is 0 Å². The van der Waals surface area contributed by atoms with Gasteiger partial charge < -0.3 is 4.74 Å². The van der Waals surface area contributed by atoms with Crippen molar-refractivity contribution >= 4 is 0 Å². The first kappa shape index (κ1) is 10.7. The molecule has 0 spiro atoms. The fraction of sp³-hybridized carbons (Fsp3) is 0.571. The van der Waals surface area contributed by atoms with Crippen molar-refractivity contribution in [3.05, 3.63) is 34.9 Å². The largest absolute Gasteiger partial charge is 0.370 e. The van der Waals surface area contributed by atoms with Crippen LogP contribution in [0, 0.1) is 13.8 Å². The van der Waals surface area contributed by atoms with Crippen molar-refractivity contribution in [3.8, 4) is 0 Å². The van der Waals surface area contributed by atoms with E-state index in [0.717, 1.165) is 6.42 Å². The summed E-state index contributed by atoms with van der Waals surface area (Å²) in [6.45, 7) is 8.80. The number of benzene rings is 1. The number of aryl methyl sites for hydroxylation is 2. The maximum atomic E-state index is 5.47. The van der Waals surface area contributed by atoms with E-state index in [1.807, 2.05) is 0 Å². The number of ether oxygens (including phenoxy) is 1. The summed E-state index contributed by atoms with van der Waals surface area (Å²) in [5.41, 5.74) is 4.23. The molecule has 0 bridgehead atoms. The summed E-state index contributed by atoms with van der Waals surface area (Å²) < 4.78 is 5.47. The van der Waals surface area contributed by atoms with Crippen LogP contribution >= 0.6 is 0 Å². The van der Waals surface area contributed by atoms with Crippen molar-refractivity contribution < 1.29 is 4.74 Å². The maximum Gasteiger partial charge on any atom is 0.0844 e. The van der Waals surface area contributed by atoms with Crippen LogP contribution in [0.3, 0.4) is 0 Å². The van der Waals surface area contributed by atoms with Gasteiger partial charge in [-0.3, -0.25) is 0 Å². The fourth-order valence-corrected chi connectivity index (χ4v) is 2.33. The van der Waals surface area contributed by atoms with Crippen LogP contribution in [-0.4, -0.2) is 12.2 Å². The molecule has 1 fully saturated rings. The van der Waals surface area contributed by atoms with Gasteiger partial charge in [0, 0.05) is 0 Å². The van der Waals surface area contributed by atoms with Gasteiger partial charge in [-0.2, -0.15) is 0 Å². The van der Waals surface area contributed by atoms with Gasteiger partial charge in [0.15, 0.2) is 0 Å². The Morgan fingerprint density at radius 2 is 2.00 bits per heavy atom. The van der Waals surface area contributed by atoms with Crippen LogP contribution in [0.2, 0.25) is 0 Å². The lowest BCUT2D eigenvalue weighted by atomic mass is 9.91. The molecule has 1 saturated heterocycles. The zero-order chi connectivity index (χ0) is 11.0. The molecule has 1 aromatic carbocycles. The van der Waals surface area contributed by atoms with Crippen LogP contribution in [0.5, 0.6) is 0 Å². The molecule has 2 rings (SSSR count). The molecule has 3 atom stereocenters. The molecule has 0 saturated carbocycles. The third kappa shape index (κ3) is 2.40. The lowest BCUT2D eigenvalue weighted by Crippen LogP contribution is -2.02. The Morgan fingerprint density at radius 1 is 1.33 bits per heavy atom. The van der Waals surface area contributed by atoms with Crippen LogP contribution in [0.4, 0.5) is 0 Å². The number of hydrogen-bond acceptors (Lipinski definition) is 1. The lowest BCUT2D eigenvalue weighted by Gasteiger charge is -2.14. The summed E-state index contributed by atoms with van der Waals surface area (Å²) in [7, 11) is 0. The lowest BCUT2D eigenvalue weighted by molar-refractivity contribution is 0.362. The number of hydrogen-bond donors (Lipinski definition) is 0. The molecule has 1 aliphatic heterocycles. The van der Waals surface area contributed by atoms with Crippen molar-refractivity contribution in [3.63, 3.8) is 0 Å². The first-order valence-electron chi connectivity index (χ1n) is 5.80. The highest BCUT2D eigenvalue weighted by molar-refractivity contribution is 5.32. The van der Waals surface area contributed by atoms with Crippen LogP contribution in [-0.2, 0) is 4.74 Å². The highest BCUT2D eigenvalue weighted by Gasteiger charge is 2.35. The summed E-state index contributed by atoms with van der Waals surface area (Å²) in [5.74, 6) is 0.612. The van der Waals surface area contributed by atoms with Crippen molar-refractivity contribution in [1.29, 1.82) is 0 Å². The summed E-state index contributed by atoms with van der Waals surface area (Å²) in [6.07, 6.45) is 2.14. The minimum absolute atomic E-state index is 0.484. The first-order chi connectivity index (χ1) is 7.08. The monoisotopic (exact) mass is 204 g/mol. The average Bonchev–Trinajstić information content (AvgIpc) is 2.81. The van der Waals surface area contributed by atoms with E-state index in [9.17, 15) is 0 Å². The third-order valence-corrected chi connectivity index (χ3v) is 3.38. The van der Waals surface area contributed by atoms with E-state index in [1.54, 1.807) is 0 Å². The minimum Gasteiger partial charge on any atom is -0.370 e. The Labute approximate surface area is 92.5 Å². The van der Waals surface area contributed by atoms with Gasteiger partial charge in [-0.25, -0.2) is 0 Å². The SMILES string of the molecule is Cc1ccc(C(C)CC2OC2C)c(C)c1. The number of rotatable bonds is 3. The summed E-state index contributed by atoms with van der Waals surface area (Å²) >= 11 is 0. The molecule has 0 aromatic heterocycles. The van der Waals surface area contributed by atoms with E-state index in [4.69, 9.17) is 4.74 Å². The maximum absolute atomic E-state index is 5.47. The van der Waals surface area contributed by atoms with Gasteiger partial charge >= 0.3 is 0 Å². The van der Waals surface area contributed by atoms with Crippen LogP contribution < -0.4 is 0 Å². The molecule has 0 aliphatic carbocycles. The first-order valence-corrected chi connectivity index (χ1v) is 5.80. The zero-order valence-corrected chi connectivity index (χ0v) is 10.1. The quantitative estimate of drug-likeness (QED) is 0.685. The van der Waals surface area contributed by atoms with E-state index in [1.165, 1.54) is 16.7 Å². The minimum atomic E-state index is 0.484. The number of epoxide rings is 1. The van der Waals surface area contributed by atoms with Gasteiger partial charge in [-0.1, -0.05) is 30.7 Å². The van der Waals surface area contributed by atoms with Gasteiger partial charge in [-0.15, -0.1) is 0 Å². The predicted molar refractivity (Wildman–Crippen MR) is 63.3 cm³/mol. The molecule has 3 unspecified atom stereocenters. The highest BCUT2D eigenvalue weighted by Crippen LogP contribution is 2.33. The molecule has 1 nitrogen and oxygen atoms in total. The summed E-state index contributed by atoms with van der Waals surface area (Å²) in [4.78, 5) is 0. The molecule has 1 aromatic rings. The van der Waals surface area contributed by atoms with E-state index in [0.29, 0.717) is 18.1 Å². The summed E-state index contributed by atoms with van der Waals surface area (Å²) in [6, 6.07) is 6.74. The second-order valence-electron chi connectivity index (χ2n) is 4.88. The second-order valence-corrected chi connectivity index (χ2v) is 4.88. The van der Waals surface area contributed by atoms with Gasteiger partial charge in [0.2, 0.25) is 0 Å². The Balaban J connectivity index is 2.07. The van der Waals surface area contributed by atoms with Crippen LogP contribution in [0.25, 0.3) is 0 Å². The van der Waals surface area contributed by atoms with E-state index >= 15 is 0 Å². The third-order valence-electron chi connectivity index (χ3n) is 3.38. The molecule has 1 heterocycles. The predicted octanol–water partition coefficient (Wildman–Crippen LogP) is 3.58. The van der Waals surface area contributed by atoms with E-state index in [2.05, 4.69) is 45.9 Å². The Morgan fingerprint density at radius 3 is 2.53 bits per heavy atom. The Kier molecular flexibility index (Phi) is 2.83. The van der Waals surface area contributed by atoms with Gasteiger partial charge in [0.25, 0.3) is 0 Å². The zero-order valence-electron chi connectivity index (χ0n) is 10.1. The molecule has 1 heteroatoms. The molecular formula is C14H20O. The topological polar surface area (TPSA) is 12.5 Å². The van der Waals surface area contributed by atoms with Crippen LogP contribution in [0.15, 0.2) is 18.2 Å². The van der Waals surface area contributed by atoms with Crippen LogP contribution in [0.1, 0.15) is 42.9 Å². The second kappa shape index (κ2) is 3.97. The van der Waals surface area contributed by atoms with E-state index < -0.39 is 0 Å². The van der Waals surface area contributed by atoms with Crippen molar-refractivity contribution in [2.24, 2.45) is 0 Å². The molecular weight excluding hydrogens is 184 g/mol. The molecule has 0 amide bonds.